The van der Waals surface area contributed by atoms with Gasteiger partial charge in [-0.25, -0.2) is 13.9 Å². The third-order valence-corrected chi connectivity index (χ3v) is 5.78. The Kier molecular flexibility index (Phi) is 5.92. The summed E-state index contributed by atoms with van der Waals surface area (Å²) >= 11 is 0. The zero-order valence-corrected chi connectivity index (χ0v) is 17.9. The van der Waals surface area contributed by atoms with Gasteiger partial charge in [0.15, 0.2) is 5.65 Å². The number of halogens is 4. The first-order valence-electron chi connectivity index (χ1n) is 10.6. The summed E-state index contributed by atoms with van der Waals surface area (Å²) in [4.78, 5) is 18.8. The zero-order chi connectivity index (χ0) is 23.0. The topological polar surface area (TPSA) is 50.5 Å². The highest BCUT2D eigenvalue weighted by molar-refractivity contribution is 5.79. The monoisotopic (exact) mass is 448 g/mol. The summed E-state index contributed by atoms with van der Waals surface area (Å²) < 4.78 is 55.2. The molecule has 1 fully saturated rings. The fourth-order valence-electron chi connectivity index (χ4n) is 4.09. The van der Waals surface area contributed by atoms with Crippen molar-refractivity contribution in [1.82, 2.24) is 19.5 Å². The molecule has 0 spiro atoms. The lowest BCUT2D eigenvalue weighted by molar-refractivity contribution is -0.142. The molecule has 0 bridgehead atoms. The highest BCUT2D eigenvalue weighted by atomic mass is 19.4. The smallest absolute Gasteiger partial charge is 0.342 e. The maximum atomic E-state index is 13.6. The van der Waals surface area contributed by atoms with Gasteiger partial charge in [-0.15, -0.1) is 0 Å². The maximum Gasteiger partial charge on any atom is 0.433 e. The predicted octanol–water partition coefficient (Wildman–Crippen LogP) is 4.96. The normalized spacial score (nSPS) is 17.3. The van der Waals surface area contributed by atoms with E-state index >= 15 is 0 Å². The SMILES string of the molecule is CC(C)c1cc(C(F)(F)F)n2nc([C@@H]3CCCN(C(=O)Cc4cccc(F)c4)C3)cc2n1. The first-order chi connectivity index (χ1) is 15.1. The van der Waals surface area contributed by atoms with Gasteiger partial charge >= 0.3 is 6.18 Å². The summed E-state index contributed by atoms with van der Waals surface area (Å²) in [6.07, 6.45) is -3.06. The second-order valence-corrected chi connectivity index (χ2v) is 8.54. The molecule has 4 rings (SSSR count). The van der Waals surface area contributed by atoms with Crippen LogP contribution in [0.1, 0.15) is 61.2 Å². The average molecular weight is 448 g/mol. The summed E-state index contributed by atoms with van der Waals surface area (Å²) in [6.45, 7) is 4.50. The number of amides is 1. The molecule has 32 heavy (non-hydrogen) atoms. The minimum absolute atomic E-state index is 0.0766. The molecule has 0 saturated carbocycles. The Labute approximate surface area is 183 Å². The van der Waals surface area contributed by atoms with Gasteiger partial charge in [0.1, 0.15) is 11.5 Å². The summed E-state index contributed by atoms with van der Waals surface area (Å²) in [6, 6.07) is 8.54. The number of carbonyl (C=O) groups excluding carboxylic acids is 1. The molecule has 0 N–H and O–H groups in total. The first kappa shape index (κ1) is 22.2. The standard InChI is InChI=1S/C23H24F4N4O/c1-14(2)18-11-20(23(25,26)27)31-21(28-18)12-19(29-31)16-6-4-8-30(13-16)22(32)10-15-5-3-7-17(24)9-15/h3,5,7,9,11-12,14,16H,4,6,8,10,13H2,1-2H3/t16-/m1/s1. The molecule has 1 atom stereocenters. The number of fused-ring (bicyclic) bond motifs is 1. The molecule has 0 radical (unpaired) electrons. The molecule has 5 nitrogen and oxygen atoms in total. The van der Waals surface area contributed by atoms with Gasteiger partial charge in [-0.05, 0) is 42.5 Å². The van der Waals surface area contributed by atoms with E-state index in [1.54, 1.807) is 36.9 Å². The molecule has 1 amide bonds. The Morgan fingerprint density at radius 3 is 2.69 bits per heavy atom. The second-order valence-electron chi connectivity index (χ2n) is 8.54. The van der Waals surface area contributed by atoms with Gasteiger partial charge in [-0.2, -0.15) is 18.3 Å². The van der Waals surface area contributed by atoms with Crippen LogP contribution in [0.4, 0.5) is 17.6 Å². The van der Waals surface area contributed by atoms with Crippen LogP contribution in [0.25, 0.3) is 5.65 Å². The van der Waals surface area contributed by atoms with Crippen LogP contribution in [0, 0.1) is 5.82 Å². The van der Waals surface area contributed by atoms with Gasteiger partial charge in [0, 0.05) is 30.8 Å². The van der Waals surface area contributed by atoms with Crippen LogP contribution in [0.15, 0.2) is 36.4 Å². The number of aromatic nitrogens is 3. The Hall–Kier alpha value is -2.97. The maximum absolute atomic E-state index is 13.6. The molecule has 3 aromatic rings. The number of hydrogen-bond donors (Lipinski definition) is 0. The number of likely N-dealkylation sites (tertiary alicyclic amines) is 1. The highest BCUT2D eigenvalue weighted by Gasteiger charge is 2.36. The summed E-state index contributed by atoms with van der Waals surface area (Å²) in [7, 11) is 0. The predicted molar refractivity (Wildman–Crippen MR) is 111 cm³/mol. The van der Waals surface area contributed by atoms with E-state index in [9.17, 15) is 22.4 Å². The molecule has 3 heterocycles. The molecule has 1 aliphatic heterocycles. The van der Waals surface area contributed by atoms with Crippen molar-refractivity contribution in [2.75, 3.05) is 13.1 Å². The molecular weight excluding hydrogens is 424 g/mol. The molecular formula is C23H24F4N4O. The molecule has 1 aliphatic rings. The quantitative estimate of drug-likeness (QED) is 0.530. The number of rotatable bonds is 4. The van der Waals surface area contributed by atoms with Crippen molar-refractivity contribution in [2.24, 2.45) is 0 Å². The van der Waals surface area contributed by atoms with E-state index in [0.717, 1.165) is 10.6 Å². The van der Waals surface area contributed by atoms with Crippen molar-refractivity contribution >= 4 is 11.6 Å². The van der Waals surface area contributed by atoms with Gasteiger partial charge in [0.05, 0.1) is 12.1 Å². The van der Waals surface area contributed by atoms with Crippen LogP contribution in [0.3, 0.4) is 0 Å². The highest BCUT2D eigenvalue weighted by Crippen LogP contribution is 2.33. The minimum atomic E-state index is -4.56. The van der Waals surface area contributed by atoms with Crippen molar-refractivity contribution in [2.45, 2.75) is 51.1 Å². The Balaban J connectivity index is 1.59. The van der Waals surface area contributed by atoms with Gasteiger partial charge in [-0.1, -0.05) is 26.0 Å². The Morgan fingerprint density at radius 2 is 2.00 bits per heavy atom. The summed E-state index contributed by atoms with van der Waals surface area (Å²) in [5, 5.41) is 4.24. The Bertz CT molecular complexity index is 1140. The molecule has 1 saturated heterocycles. The second kappa shape index (κ2) is 8.52. The van der Waals surface area contributed by atoms with E-state index < -0.39 is 17.7 Å². The third-order valence-electron chi connectivity index (χ3n) is 5.78. The van der Waals surface area contributed by atoms with Crippen LogP contribution < -0.4 is 0 Å². The number of piperidine rings is 1. The van der Waals surface area contributed by atoms with E-state index in [2.05, 4.69) is 10.1 Å². The lowest BCUT2D eigenvalue weighted by atomic mass is 9.94. The van der Waals surface area contributed by atoms with Crippen molar-refractivity contribution in [3.05, 3.63) is 64.9 Å². The van der Waals surface area contributed by atoms with Crippen LogP contribution in [-0.2, 0) is 17.4 Å². The van der Waals surface area contributed by atoms with Gasteiger partial charge < -0.3 is 4.90 Å². The molecule has 1 aromatic carbocycles. The number of hydrogen-bond acceptors (Lipinski definition) is 3. The van der Waals surface area contributed by atoms with E-state index in [4.69, 9.17) is 0 Å². The van der Waals surface area contributed by atoms with Crippen LogP contribution in [-0.4, -0.2) is 38.5 Å². The lowest BCUT2D eigenvalue weighted by Gasteiger charge is -2.32. The largest absolute Gasteiger partial charge is 0.433 e. The van der Waals surface area contributed by atoms with Crippen molar-refractivity contribution in [1.29, 1.82) is 0 Å². The number of benzene rings is 1. The Morgan fingerprint density at radius 1 is 1.22 bits per heavy atom. The van der Waals surface area contributed by atoms with E-state index in [1.165, 1.54) is 12.1 Å². The van der Waals surface area contributed by atoms with Crippen LogP contribution in [0.2, 0.25) is 0 Å². The van der Waals surface area contributed by atoms with Gasteiger partial charge in [0.2, 0.25) is 5.91 Å². The lowest BCUT2D eigenvalue weighted by Crippen LogP contribution is -2.40. The molecule has 170 valence electrons. The number of alkyl halides is 3. The molecule has 0 aliphatic carbocycles. The van der Waals surface area contributed by atoms with Crippen molar-refractivity contribution in [3.63, 3.8) is 0 Å². The average Bonchev–Trinajstić information content (AvgIpc) is 3.16. The first-order valence-corrected chi connectivity index (χ1v) is 10.6. The molecule has 2 aromatic heterocycles. The van der Waals surface area contributed by atoms with Crippen molar-refractivity contribution < 1.29 is 22.4 Å². The zero-order valence-electron chi connectivity index (χ0n) is 17.9. The fraction of sp³-hybridized carbons (Fsp3) is 0.435. The molecule has 0 unspecified atom stereocenters. The minimum Gasteiger partial charge on any atom is -0.342 e. The number of nitrogens with zero attached hydrogens (tertiary/aromatic N) is 4. The van der Waals surface area contributed by atoms with Gasteiger partial charge in [-0.3, -0.25) is 4.79 Å². The summed E-state index contributed by atoms with van der Waals surface area (Å²) in [5.41, 5.74) is 0.734. The molecule has 9 heteroatoms. The van der Waals surface area contributed by atoms with Crippen LogP contribution in [0.5, 0.6) is 0 Å². The fourth-order valence-corrected chi connectivity index (χ4v) is 4.09. The van der Waals surface area contributed by atoms with E-state index in [1.807, 2.05) is 0 Å². The third kappa shape index (κ3) is 4.61. The van der Waals surface area contributed by atoms with Gasteiger partial charge in [0.25, 0.3) is 0 Å². The van der Waals surface area contributed by atoms with E-state index in [-0.39, 0.29) is 29.8 Å². The van der Waals surface area contributed by atoms with Crippen molar-refractivity contribution in [3.8, 4) is 0 Å². The summed E-state index contributed by atoms with van der Waals surface area (Å²) in [5.74, 6) is -0.888. The van der Waals surface area contributed by atoms with E-state index in [0.29, 0.717) is 42.9 Å². The number of carbonyl (C=O) groups is 1. The van der Waals surface area contributed by atoms with Crippen LogP contribution >= 0.6 is 0 Å².